The lowest BCUT2D eigenvalue weighted by atomic mass is 9.93. The van der Waals surface area contributed by atoms with Gasteiger partial charge in [-0.1, -0.05) is 0 Å². The zero-order valence-electron chi connectivity index (χ0n) is 32.4. The molecular formula is C33H75N3O7Si5. The van der Waals surface area contributed by atoms with Crippen molar-refractivity contribution in [3.63, 3.8) is 0 Å². The molecule has 10 nitrogen and oxygen atoms in total. The molecular weight excluding hydrogens is 691 g/mol. The van der Waals surface area contributed by atoms with Crippen LogP contribution in [0.15, 0.2) is 0 Å². The zero-order valence-corrected chi connectivity index (χ0v) is 37.4. The van der Waals surface area contributed by atoms with Crippen LogP contribution in [0, 0.1) is 17.8 Å². The minimum Gasteiger partial charge on any atom is -0.416 e. The van der Waals surface area contributed by atoms with Crippen LogP contribution in [0.2, 0.25) is 58.9 Å². The molecule has 3 rings (SSSR count). The summed E-state index contributed by atoms with van der Waals surface area (Å²) in [5, 5.41) is 10.4. The molecule has 0 saturated carbocycles. The van der Waals surface area contributed by atoms with Crippen molar-refractivity contribution in [3.8, 4) is 0 Å². The summed E-state index contributed by atoms with van der Waals surface area (Å²) in [6, 6.07) is 0. The van der Waals surface area contributed by atoms with Crippen molar-refractivity contribution in [2.75, 3.05) is 59.1 Å². The molecule has 3 fully saturated rings. The lowest BCUT2D eigenvalue weighted by Gasteiger charge is -2.42. The van der Waals surface area contributed by atoms with Crippen molar-refractivity contribution in [3.05, 3.63) is 0 Å². The zero-order chi connectivity index (χ0) is 35.2. The summed E-state index contributed by atoms with van der Waals surface area (Å²) in [4.78, 5) is 0. The van der Waals surface area contributed by atoms with Crippen LogP contribution >= 0.6 is 0 Å². The van der Waals surface area contributed by atoms with Gasteiger partial charge in [-0.15, -0.1) is 0 Å². The van der Waals surface area contributed by atoms with Crippen LogP contribution in [-0.4, -0.2) is 102 Å². The maximum Gasteiger partial charge on any atom is 0.482 e. The van der Waals surface area contributed by atoms with E-state index in [2.05, 4.69) is 68.3 Å². The van der Waals surface area contributed by atoms with Gasteiger partial charge in [-0.05, 0) is 173 Å². The van der Waals surface area contributed by atoms with Crippen LogP contribution in [0.3, 0.4) is 0 Å². The van der Waals surface area contributed by atoms with E-state index >= 15 is 0 Å². The normalized spacial score (nSPS) is 23.4. The predicted molar refractivity (Wildman–Crippen MR) is 208 cm³/mol. The molecule has 3 heterocycles. The molecule has 0 spiro atoms. The molecule has 48 heavy (non-hydrogen) atoms. The second-order valence-electron chi connectivity index (χ2n) is 16.8. The van der Waals surface area contributed by atoms with E-state index in [1.54, 1.807) is 0 Å². The topological polar surface area (TPSA) is 101 Å². The van der Waals surface area contributed by atoms with E-state index in [-0.39, 0.29) is 0 Å². The van der Waals surface area contributed by atoms with Crippen molar-refractivity contribution in [1.29, 1.82) is 0 Å². The summed E-state index contributed by atoms with van der Waals surface area (Å²) in [5.74, 6) is 2.29. The third-order valence-corrected chi connectivity index (χ3v) is 25.4. The van der Waals surface area contributed by atoms with Gasteiger partial charge < -0.3 is 45.7 Å². The predicted octanol–water partition coefficient (Wildman–Crippen LogP) is 6.82. The lowest BCUT2D eigenvalue weighted by Crippen LogP contribution is -2.64. The van der Waals surface area contributed by atoms with Crippen molar-refractivity contribution in [2.24, 2.45) is 17.8 Å². The number of hydrogen-bond donors (Lipinski definition) is 3. The summed E-state index contributed by atoms with van der Waals surface area (Å²) in [5.41, 5.74) is 0. The van der Waals surface area contributed by atoms with E-state index in [1.807, 2.05) is 6.55 Å². The molecule has 0 radical (unpaired) electrons. The first-order chi connectivity index (χ1) is 22.6. The summed E-state index contributed by atoms with van der Waals surface area (Å²) >= 11 is 0. The number of nitrogens with one attached hydrogen (secondary N) is 3. The Morgan fingerprint density at radius 1 is 0.396 bits per heavy atom. The second-order valence-corrected chi connectivity index (χ2v) is 34.5. The van der Waals surface area contributed by atoms with Crippen LogP contribution in [0.5, 0.6) is 0 Å². The van der Waals surface area contributed by atoms with Crippen molar-refractivity contribution in [1.82, 2.24) is 16.0 Å². The van der Waals surface area contributed by atoms with Crippen molar-refractivity contribution >= 4 is 43.0 Å². The highest BCUT2D eigenvalue weighted by atomic mass is 28.5. The molecule has 0 aliphatic carbocycles. The highest BCUT2D eigenvalue weighted by molar-refractivity contribution is 6.86. The molecule has 3 N–H and O–H groups in total. The number of hydrogen-bond acceptors (Lipinski definition) is 10. The van der Waals surface area contributed by atoms with E-state index < -0.39 is 43.0 Å². The van der Waals surface area contributed by atoms with Gasteiger partial charge in [-0.25, -0.2) is 0 Å². The monoisotopic (exact) mass is 765 g/mol. The van der Waals surface area contributed by atoms with Gasteiger partial charge >= 0.3 is 26.4 Å². The largest absolute Gasteiger partial charge is 0.482 e. The van der Waals surface area contributed by atoms with Crippen LogP contribution in [-0.2, 0) is 29.7 Å². The molecule has 0 aromatic rings. The van der Waals surface area contributed by atoms with Crippen LogP contribution in [0.25, 0.3) is 0 Å². The van der Waals surface area contributed by atoms with Gasteiger partial charge in [-0.3, -0.25) is 0 Å². The number of rotatable bonds is 23. The average molecular weight is 766 g/mol. The summed E-state index contributed by atoms with van der Waals surface area (Å²) in [7, 11) is -13.7. The van der Waals surface area contributed by atoms with Gasteiger partial charge in [0.05, 0.1) is 0 Å². The standard InChI is InChI=1S/C33H75N3O7Si5/c1-44(2,3)40-46(7,37-28-10-13-31-16-22-34-23-17-31)42-48(9,39-30-12-15-33-20-26-36-27-21-33)43-47(8,41-45(4,5)6)38-29-11-14-32-18-24-35-25-19-32/h31-36H,10-30H2,1-9H3. The first kappa shape index (κ1) is 43.1. The maximum atomic E-state index is 7.08. The molecule has 2 atom stereocenters. The van der Waals surface area contributed by atoms with Crippen molar-refractivity contribution < 1.29 is 29.7 Å². The Bertz CT molecular complexity index is 831. The quantitative estimate of drug-likeness (QED) is 0.0760. The summed E-state index contributed by atoms with van der Waals surface area (Å²) in [6.45, 7) is 28.0. The molecule has 284 valence electrons. The van der Waals surface area contributed by atoms with Crippen LogP contribution in [0.4, 0.5) is 0 Å². The van der Waals surface area contributed by atoms with Gasteiger partial charge in [-0.2, -0.15) is 0 Å². The molecule has 3 aliphatic rings. The Morgan fingerprint density at radius 2 is 0.646 bits per heavy atom. The highest BCUT2D eigenvalue weighted by Crippen LogP contribution is 2.30. The molecule has 0 amide bonds. The van der Waals surface area contributed by atoms with Crippen LogP contribution < -0.4 is 16.0 Å². The Kier molecular flexibility index (Phi) is 18.7. The third-order valence-electron chi connectivity index (χ3n) is 9.46. The van der Waals surface area contributed by atoms with E-state index in [9.17, 15) is 0 Å². The molecule has 0 aromatic carbocycles. The van der Waals surface area contributed by atoms with Gasteiger partial charge in [0, 0.05) is 39.5 Å². The Labute approximate surface area is 300 Å². The number of piperidine rings is 3. The Morgan fingerprint density at radius 3 is 0.896 bits per heavy atom. The van der Waals surface area contributed by atoms with E-state index in [1.165, 1.54) is 51.4 Å². The first-order valence-corrected chi connectivity index (χ1v) is 32.9. The SMILES string of the molecule is C[Si](C)(C)O[Si](C)(OCCCC1CCNCC1)O[Si](C)(OCCCC1CCNCC1)O[Si](C)(OCCCC1CCNCC1)O[Si](C)(C)C. The third kappa shape index (κ3) is 18.4. The lowest BCUT2D eigenvalue weighted by molar-refractivity contribution is 0.0696. The maximum absolute atomic E-state index is 7.08. The molecule has 3 saturated heterocycles. The molecule has 2 unspecified atom stereocenters. The van der Waals surface area contributed by atoms with Gasteiger partial charge in [0.25, 0.3) is 0 Å². The van der Waals surface area contributed by atoms with Crippen LogP contribution in [0.1, 0.15) is 77.0 Å². The average Bonchev–Trinajstić information content (AvgIpc) is 2.99. The minimum atomic E-state index is -3.35. The van der Waals surface area contributed by atoms with Crippen molar-refractivity contribution in [2.45, 2.75) is 136 Å². The molecule has 0 bridgehead atoms. The highest BCUT2D eigenvalue weighted by Gasteiger charge is 2.55. The summed E-state index contributed by atoms with van der Waals surface area (Å²) < 4.78 is 48.0. The van der Waals surface area contributed by atoms with E-state index in [0.29, 0.717) is 19.8 Å². The van der Waals surface area contributed by atoms with Gasteiger partial charge in [0.2, 0.25) is 0 Å². The van der Waals surface area contributed by atoms with Gasteiger partial charge in [0.1, 0.15) is 0 Å². The Hall–Kier alpha value is 0.684. The molecule has 15 heteroatoms. The summed E-state index contributed by atoms with van der Waals surface area (Å²) in [6.07, 6.45) is 14.0. The Balaban J connectivity index is 1.73. The minimum absolute atomic E-state index is 0.590. The molecule has 3 aliphatic heterocycles. The molecule has 0 aromatic heterocycles. The van der Waals surface area contributed by atoms with E-state index in [0.717, 1.165) is 82.7 Å². The fourth-order valence-corrected chi connectivity index (χ4v) is 26.3. The van der Waals surface area contributed by atoms with Gasteiger partial charge in [0.15, 0.2) is 16.6 Å². The first-order valence-electron chi connectivity index (χ1n) is 19.4. The fraction of sp³-hybridized carbons (Fsp3) is 1.00. The van der Waals surface area contributed by atoms with E-state index in [4.69, 9.17) is 29.7 Å². The second kappa shape index (κ2) is 20.8. The smallest absolute Gasteiger partial charge is 0.416 e. The fourth-order valence-electron chi connectivity index (χ4n) is 7.43.